The van der Waals surface area contributed by atoms with Crippen LogP contribution >= 0.6 is 0 Å². The number of fused-ring (bicyclic) bond motifs is 1. The van der Waals surface area contributed by atoms with E-state index in [9.17, 15) is 16.8 Å². The van der Waals surface area contributed by atoms with Crippen molar-refractivity contribution < 1.29 is 26.3 Å². The summed E-state index contributed by atoms with van der Waals surface area (Å²) >= 11 is 0. The molecule has 2 aliphatic heterocycles. The van der Waals surface area contributed by atoms with E-state index in [2.05, 4.69) is 0 Å². The number of anilines is 1. The Morgan fingerprint density at radius 1 is 0.897 bits per heavy atom. The first-order chi connectivity index (χ1) is 13.6. The molecule has 7 nitrogen and oxygen atoms in total. The number of ether oxygens (including phenoxy) is 2. The van der Waals surface area contributed by atoms with Crippen LogP contribution in [0.5, 0.6) is 11.5 Å². The maximum absolute atomic E-state index is 12.5. The Balaban J connectivity index is 1.78. The van der Waals surface area contributed by atoms with Gasteiger partial charge in [-0.3, -0.25) is 0 Å². The van der Waals surface area contributed by atoms with E-state index in [0.29, 0.717) is 36.9 Å². The largest absolute Gasteiger partial charge is 0.486 e. The predicted molar refractivity (Wildman–Crippen MR) is 109 cm³/mol. The van der Waals surface area contributed by atoms with Crippen molar-refractivity contribution in [2.45, 2.75) is 28.7 Å². The zero-order chi connectivity index (χ0) is 20.8. The third-order valence-electron chi connectivity index (χ3n) is 5.27. The standard InChI is InChI=1S/C20H23NO6S2/c1-28(22,23)15-6-7-17(20(13-15)29(2,24)25)21-9-3-4-16(21)14-5-8-18-19(12-14)27-11-10-26-18/h5-8,12-13,16H,3-4,9-11H2,1-2H3. The van der Waals surface area contributed by atoms with E-state index in [1.54, 1.807) is 6.07 Å². The van der Waals surface area contributed by atoms with Crippen LogP contribution in [0.3, 0.4) is 0 Å². The van der Waals surface area contributed by atoms with Crippen LogP contribution in [0, 0.1) is 0 Å². The molecule has 2 aromatic rings. The van der Waals surface area contributed by atoms with E-state index in [4.69, 9.17) is 9.47 Å². The van der Waals surface area contributed by atoms with Gasteiger partial charge in [0.25, 0.3) is 0 Å². The smallest absolute Gasteiger partial charge is 0.177 e. The van der Waals surface area contributed by atoms with Crippen LogP contribution in [0.25, 0.3) is 0 Å². The Morgan fingerprint density at radius 3 is 2.31 bits per heavy atom. The number of nitrogens with zero attached hydrogens (tertiary/aromatic N) is 1. The van der Waals surface area contributed by atoms with Crippen LogP contribution in [0.15, 0.2) is 46.2 Å². The monoisotopic (exact) mass is 437 g/mol. The van der Waals surface area contributed by atoms with Gasteiger partial charge >= 0.3 is 0 Å². The number of sulfone groups is 2. The first-order valence-electron chi connectivity index (χ1n) is 9.35. The van der Waals surface area contributed by atoms with Gasteiger partial charge in [0.15, 0.2) is 31.2 Å². The molecular formula is C20H23NO6S2. The summed E-state index contributed by atoms with van der Waals surface area (Å²) < 4.78 is 60.1. The molecule has 4 rings (SSSR count). The highest BCUT2D eigenvalue weighted by atomic mass is 32.2. The van der Waals surface area contributed by atoms with E-state index in [1.165, 1.54) is 12.1 Å². The molecule has 156 valence electrons. The van der Waals surface area contributed by atoms with Crippen molar-refractivity contribution in [3.8, 4) is 11.5 Å². The molecule has 1 fully saturated rings. The van der Waals surface area contributed by atoms with E-state index < -0.39 is 19.7 Å². The number of hydrogen-bond acceptors (Lipinski definition) is 7. The summed E-state index contributed by atoms with van der Waals surface area (Å²) in [5.41, 5.74) is 1.54. The lowest BCUT2D eigenvalue weighted by atomic mass is 10.0. The summed E-state index contributed by atoms with van der Waals surface area (Å²) in [6.07, 6.45) is 3.93. The molecule has 0 aromatic heterocycles. The van der Waals surface area contributed by atoms with Gasteiger partial charge in [0.2, 0.25) is 0 Å². The lowest BCUT2D eigenvalue weighted by molar-refractivity contribution is 0.171. The van der Waals surface area contributed by atoms with Crippen molar-refractivity contribution >= 4 is 25.4 Å². The zero-order valence-corrected chi connectivity index (χ0v) is 17.9. The van der Waals surface area contributed by atoms with Crippen LogP contribution < -0.4 is 14.4 Å². The third kappa shape index (κ3) is 3.93. The van der Waals surface area contributed by atoms with Crippen molar-refractivity contribution in [1.82, 2.24) is 0 Å². The highest BCUT2D eigenvalue weighted by Gasteiger charge is 2.31. The molecule has 0 aliphatic carbocycles. The topological polar surface area (TPSA) is 90.0 Å². The Bertz CT molecular complexity index is 1160. The lowest BCUT2D eigenvalue weighted by Crippen LogP contribution is -2.25. The molecule has 2 heterocycles. The van der Waals surface area contributed by atoms with Gasteiger partial charge < -0.3 is 14.4 Å². The molecule has 0 spiro atoms. The van der Waals surface area contributed by atoms with Crippen LogP contribution in [-0.2, 0) is 19.7 Å². The highest BCUT2D eigenvalue weighted by Crippen LogP contribution is 2.42. The van der Waals surface area contributed by atoms with E-state index in [1.807, 2.05) is 23.1 Å². The minimum atomic E-state index is -3.62. The molecule has 0 N–H and O–H groups in total. The van der Waals surface area contributed by atoms with Gasteiger partial charge in [-0.05, 0) is 48.7 Å². The molecular weight excluding hydrogens is 414 g/mol. The van der Waals surface area contributed by atoms with Gasteiger partial charge in [-0.1, -0.05) is 6.07 Å². The van der Waals surface area contributed by atoms with Gasteiger partial charge in [0.1, 0.15) is 13.2 Å². The molecule has 0 saturated carbocycles. The fourth-order valence-electron chi connectivity index (χ4n) is 3.93. The third-order valence-corrected chi connectivity index (χ3v) is 7.51. The molecule has 1 saturated heterocycles. The van der Waals surface area contributed by atoms with Gasteiger partial charge in [-0.2, -0.15) is 0 Å². The molecule has 0 radical (unpaired) electrons. The second-order valence-corrected chi connectivity index (χ2v) is 11.4. The maximum atomic E-state index is 12.5. The van der Waals surface area contributed by atoms with Crippen molar-refractivity contribution in [1.29, 1.82) is 0 Å². The minimum absolute atomic E-state index is 0.00301. The fourth-order valence-corrected chi connectivity index (χ4v) is 5.56. The number of rotatable bonds is 4. The van der Waals surface area contributed by atoms with Crippen LogP contribution in [0.2, 0.25) is 0 Å². The Morgan fingerprint density at radius 2 is 1.62 bits per heavy atom. The average Bonchev–Trinajstić information content (AvgIpc) is 3.15. The van der Waals surface area contributed by atoms with E-state index >= 15 is 0 Å². The highest BCUT2D eigenvalue weighted by molar-refractivity contribution is 7.91. The summed E-state index contributed by atoms with van der Waals surface area (Å²) in [7, 11) is -7.14. The number of benzene rings is 2. The average molecular weight is 438 g/mol. The predicted octanol–water partition coefficient (Wildman–Crippen LogP) is 2.61. The molecule has 29 heavy (non-hydrogen) atoms. The normalized spacial score (nSPS) is 19.4. The van der Waals surface area contributed by atoms with Crippen LogP contribution in [0.4, 0.5) is 5.69 Å². The zero-order valence-electron chi connectivity index (χ0n) is 16.3. The molecule has 2 aliphatic rings. The lowest BCUT2D eigenvalue weighted by Gasteiger charge is -2.30. The molecule has 1 atom stereocenters. The Kier molecular flexibility index (Phi) is 4.98. The molecule has 1 unspecified atom stereocenters. The molecule has 0 amide bonds. The SMILES string of the molecule is CS(=O)(=O)c1ccc(N2CCCC2c2ccc3c(c2)OCCO3)c(S(C)(=O)=O)c1. The van der Waals surface area contributed by atoms with Gasteiger partial charge in [0, 0.05) is 19.1 Å². The molecule has 0 bridgehead atoms. The summed E-state index contributed by atoms with van der Waals surface area (Å²) in [4.78, 5) is 2.06. The van der Waals surface area contributed by atoms with Crippen molar-refractivity contribution in [3.05, 3.63) is 42.0 Å². The Hall–Kier alpha value is -2.26. The minimum Gasteiger partial charge on any atom is -0.486 e. The van der Waals surface area contributed by atoms with Gasteiger partial charge in [-0.15, -0.1) is 0 Å². The molecule has 2 aromatic carbocycles. The maximum Gasteiger partial charge on any atom is 0.177 e. The van der Waals surface area contributed by atoms with Gasteiger partial charge in [-0.25, -0.2) is 16.8 Å². The second-order valence-electron chi connectivity index (χ2n) is 7.43. The fraction of sp³-hybridized carbons (Fsp3) is 0.400. The molecule has 9 heteroatoms. The van der Waals surface area contributed by atoms with Crippen molar-refractivity contribution in [3.63, 3.8) is 0 Å². The van der Waals surface area contributed by atoms with Crippen LogP contribution in [-0.4, -0.2) is 49.1 Å². The van der Waals surface area contributed by atoms with Crippen LogP contribution in [0.1, 0.15) is 24.4 Å². The van der Waals surface area contributed by atoms with Crippen molar-refractivity contribution in [2.24, 2.45) is 0 Å². The van der Waals surface area contributed by atoms with E-state index in [0.717, 1.165) is 30.9 Å². The summed E-state index contributed by atoms with van der Waals surface area (Å²) in [6, 6.07) is 10.1. The summed E-state index contributed by atoms with van der Waals surface area (Å²) in [5, 5.41) is 0. The van der Waals surface area contributed by atoms with E-state index in [-0.39, 0.29) is 15.8 Å². The van der Waals surface area contributed by atoms with Gasteiger partial charge in [0.05, 0.1) is 21.5 Å². The van der Waals surface area contributed by atoms with Crippen molar-refractivity contribution in [2.75, 3.05) is 37.2 Å². The summed E-state index contributed by atoms with van der Waals surface area (Å²) in [6.45, 7) is 1.70. The Labute approximate surface area is 171 Å². The summed E-state index contributed by atoms with van der Waals surface area (Å²) in [5.74, 6) is 1.40. The quantitative estimate of drug-likeness (QED) is 0.726. The first-order valence-corrected chi connectivity index (χ1v) is 13.1. The first kappa shape index (κ1) is 20.0. The number of hydrogen-bond donors (Lipinski definition) is 0. The second kappa shape index (κ2) is 7.21.